The van der Waals surface area contributed by atoms with Gasteiger partial charge in [-0.25, -0.2) is 15.0 Å². The minimum atomic E-state index is 0.228. The maximum atomic E-state index is 5.77. The monoisotopic (exact) mass is 202 g/mol. The van der Waals surface area contributed by atoms with Crippen molar-refractivity contribution in [2.45, 2.75) is 0 Å². The van der Waals surface area contributed by atoms with Gasteiger partial charge in [-0.15, -0.1) is 0 Å². The van der Waals surface area contributed by atoms with Crippen LogP contribution in [0, 0.1) is 0 Å². The molecule has 2 aromatic heterocycles. The summed E-state index contributed by atoms with van der Waals surface area (Å²) in [7, 11) is 0. The number of nitrogen functional groups attached to an aromatic ring is 3. The molecule has 0 aliphatic carbocycles. The van der Waals surface area contributed by atoms with Gasteiger partial charge in [-0.1, -0.05) is 0 Å². The molecule has 6 N–H and O–H groups in total. The number of nitrogens with two attached hydrogens (primary N) is 3. The quantitative estimate of drug-likeness (QED) is 0.611. The van der Waals surface area contributed by atoms with Gasteiger partial charge in [-0.3, -0.25) is 0 Å². The molecular formula is C9H10N6. The van der Waals surface area contributed by atoms with E-state index in [4.69, 9.17) is 17.2 Å². The molecule has 6 nitrogen and oxygen atoms in total. The maximum absolute atomic E-state index is 5.77. The van der Waals surface area contributed by atoms with Gasteiger partial charge < -0.3 is 17.2 Å². The van der Waals surface area contributed by atoms with Crippen molar-refractivity contribution in [1.29, 1.82) is 0 Å². The van der Waals surface area contributed by atoms with Crippen LogP contribution in [0.3, 0.4) is 0 Å². The van der Waals surface area contributed by atoms with Gasteiger partial charge in [0.1, 0.15) is 5.82 Å². The van der Waals surface area contributed by atoms with E-state index in [1.807, 2.05) is 0 Å². The average molecular weight is 202 g/mol. The summed E-state index contributed by atoms with van der Waals surface area (Å²) in [6.45, 7) is 0. The summed E-state index contributed by atoms with van der Waals surface area (Å²) < 4.78 is 0. The summed E-state index contributed by atoms with van der Waals surface area (Å²) in [5, 5.41) is 0. The molecule has 6 heteroatoms. The summed E-state index contributed by atoms with van der Waals surface area (Å²) in [5.41, 5.74) is 18.3. The first kappa shape index (κ1) is 9.20. The molecule has 2 rings (SSSR count). The van der Waals surface area contributed by atoms with Crippen LogP contribution in [0.1, 0.15) is 0 Å². The van der Waals surface area contributed by atoms with Crippen LogP contribution in [0.25, 0.3) is 11.4 Å². The minimum Gasteiger partial charge on any atom is -0.397 e. The third-order valence-electron chi connectivity index (χ3n) is 1.97. The minimum absolute atomic E-state index is 0.228. The summed E-state index contributed by atoms with van der Waals surface area (Å²) in [6.07, 6.45) is 4.66. The van der Waals surface area contributed by atoms with E-state index >= 15 is 0 Å². The Morgan fingerprint density at radius 1 is 0.933 bits per heavy atom. The lowest BCUT2D eigenvalue weighted by molar-refractivity contribution is 1.17. The molecule has 0 radical (unpaired) electrons. The summed E-state index contributed by atoms with van der Waals surface area (Å²) >= 11 is 0. The molecule has 2 aromatic rings. The Kier molecular flexibility index (Phi) is 2.09. The first-order chi connectivity index (χ1) is 7.20. The van der Waals surface area contributed by atoms with E-state index in [9.17, 15) is 0 Å². The molecule has 0 unspecified atom stereocenters. The van der Waals surface area contributed by atoms with E-state index in [1.165, 1.54) is 6.20 Å². The molecule has 0 fully saturated rings. The highest BCUT2D eigenvalue weighted by atomic mass is 14.9. The van der Waals surface area contributed by atoms with Crippen LogP contribution < -0.4 is 17.2 Å². The molecule has 0 spiro atoms. The van der Waals surface area contributed by atoms with Crippen molar-refractivity contribution < 1.29 is 0 Å². The van der Waals surface area contributed by atoms with E-state index in [0.717, 1.165) is 0 Å². The number of nitrogens with zero attached hydrogens (tertiary/aromatic N) is 3. The lowest BCUT2D eigenvalue weighted by Crippen LogP contribution is -2.04. The lowest BCUT2D eigenvalue weighted by Gasteiger charge is -2.08. The molecule has 76 valence electrons. The predicted molar refractivity (Wildman–Crippen MR) is 58.5 cm³/mol. The van der Waals surface area contributed by atoms with Gasteiger partial charge in [-0.2, -0.15) is 0 Å². The van der Waals surface area contributed by atoms with Crippen LogP contribution in [-0.2, 0) is 0 Å². The molecular weight excluding hydrogens is 192 g/mol. The zero-order chi connectivity index (χ0) is 10.8. The Hall–Kier alpha value is -2.37. The Balaban J connectivity index is 2.68. The summed E-state index contributed by atoms with van der Waals surface area (Å²) in [6, 6.07) is 1.71. The zero-order valence-electron chi connectivity index (χ0n) is 7.88. The SMILES string of the molecule is Nc1cnc(N)c(N)c1-c1ncccn1. The van der Waals surface area contributed by atoms with E-state index in [1.54, 1.807) is 18.5 Å². The highest BCUT2D eigenvalue weighted by molar-refractivity contribution is 5.87. The second-order valence-corrected chi connectivity index (χ2v) is 2.96. The standard InChI is InChI=1S/C9H10N6/c10-5-4-15-8(12)7(11)6(5)9-13-2-1-3-14-9/h1-4H,10-11H2,(H2,12,15). The third-order valence-corrected chi connectivity index (χ3v) is 1.97. The van der Waals surface area contributed by atoms with Crippen molar-refractivity contribution in [3.8, 4) is 11.4 Å². The van der Waals surface area contributed by atoms with Gasteiger partial charge in [0.15, 0.2) is 5.82 Å². The van der Waals surface area contributed by atoms with Crippen LogP contribution in [0.4, 0.5) is 17.2 Å². The Morgan fingerprint density at radius 3 is 2.27 bits per heavy atom. The lowest BCUT2D eigenvalue weighted by atomic mass is 10.1. The van der Waals surface area contributed by atoms with Crippen molar-refractivity contribution in [3.05, 3.63) is 24.7 Å². The summed E-state index contributed by atoms with van der Waals surface area (Å²) in [4.78, 5) is 12.0. The molecule has 0 aliphatic rings. The van der Waals surface area contributed by atoms with Crippen LogP contribution in [-0.4, -0.2) is 15.0 Å². The zero-order valence-corrected chi connectivity index (χ0v) is 7.88. The predicted octanol–water partition coefficient (Wildman–Crippen LogP) is 0.285. The topological polar surface area (TPSA) is 117 Å². The van der Waals surface area contributed by atoms with Gasteiger partial charge in [0.25, 0.3) is 0 Å². The first-order valence-electron chi connectivity index (χ1n) is 4.27. The number of hydrogen-bond donors (Lipinski definition) is 3. The van der Waals surface area contributed by atoms with Gasteiger partial charge in [0.05, 0.1) is 23.1 Å². The number of hydrogen-bond acceptors (Lipinski definition) is 6. The molecule has 15 heavy (non-hydrogen) atoms. The Labute approximate surface area is 86.2 Å². The second kappa shape index (κ2) is 3.41. The fourth-order valence-corrected chi connectivity index (χ4v) is 1.23. The van der Waals surface area contributed by atoms with Crippen molar-refractivity contribution in [1.82, 2.24) is 15.0 Å². The number of anilines is 3. The van der Waals surface area contributed by atoms with Crippen LogP contribution in [0.15, 0.2) is 24.7 Å². The first-order valence-corrected chi connectivity index (χ1v) is 4.27. The van der Waals surface area contributed by atoms with Crippen molar-refractivity contribution >= 4 is 17.2 Å². The largest absolute Gasteiger partial charge is 0.397 e. The Morgan fingerprint density at radius 2 is 1.60 bits per heavy atom. The van der Waals surface area contributed by atoms with E-state index in [-0.39, 0.29) is 5.82 Å². The average Bonchev–Trinajstić information content (AvgIpc) is 2.26. The van der Waals surface area contributed by atoms with Gasteiger partial charge in [-0.05, 0) is 6.07 Å². The molecule has 0 amide bonds. The third kappa shape index (κ3) is 1.52. The number of pyridine rings is 1. The molecule has 0 aromatic carbocycles. The Bertz CT molecular complexity index is 481. The fraction of sp³-hybridized carbons (Fsp3) is 0. The molecule has 2 heterocycles. The normalized spacial score (nSPS) is 10.1. The molecule has 0 bridgehead atoms. The second-order valence-electron chi connectivity index (χ2n) is 2.96. The van der Waals surface area contributed by atoms with E-state index < -0.39 is 0 Å². The van der Waals surface area contributed by atoms with Crippen molar-refractivity contribution in [3.63, 3.8) is 0 Å². The van der Waals surface area contributed by atoms with Crippen LogP contribution in [0.5, 0.6) is 0 Å². The van der Waals surface area contributed by atoms with E-state index in [0.29, 0.717) is 22.8 Å². The molecule has 0 atom stereocenters. The van der Waals surface area contributed by atoms with E-state index in [2.05, 4.69) is 15.0 Å². The van der Waals surface area contributed by atoms with Gasteiger partial charge in [0, 0.05) is 12.4 Å². The number of rotatable bonds is 1. The maximum Gasteiger partial charge on any atom is 0.163 e. The number of aromatic nitrogens is 3. The van der Waals surface area contributed by atoms with Crippen molar-refractivity contribution in [2.75, 3.05) is 17.2 Å². The smallest absolute Gasteiger partial charge is 0.163 e. The molecule has 0 saturated carbocycles. The van der Waals surface area contributed by atoms with Gasteiger partial charge in [0.2, 0.25) is 0 Å². The highest BCUT2D eigenvalue weighted by Crippen LogP contribution is 2.31. The van der Waals surface area contributed by atoms with Crippen LogP contribution in [0.2, 0.25) is 0 Å². The van der Waals surface area contributed by atoms with Crippen LogP contribution >= 0.6 is 0 Å². The molecule has 0 aliphatic heterocycles. The highest BCUT2D eigenvalue weighted by Gasteiger charge is 2.12. The summed E-state index contributed by atoms with van der Waals surface area (Å²) in [5.74, 6) is 0.674. The fourth-order valence-electron chi connectivity index (χ4n) is 1.23. The van der Waals surface area contributed by atoms with Gasteiger partial charge >= 0.3 is 0 Å². The molecule has 0 saturated heterocycles. The van der Waals surface area contributed by atoms with Crippen molar-refractivity contribution in [2.24, 2.45) is 0 Å².